The van der Waals surface area contributed by atoms with E-state index >= 15 is 0 Å². The molecule has 1 heterocycles. The Morgan fingerprint density at radius 1 is 1.00 bits per heavy atom. The van der Waals surface area contributed by atoms with Gasteiger partial charge in [0, 0.05) is 18.8 Å². The molecule has 0 saturated carbocycles. The number of likely N-dealkylation sites (N-methyl/N-ethyl adjacent to an activating group) is 1. The predicted octanol–water partition coefficient (Wildman–Crippen LogP) is 4.90. The molecule has 0 radical (unpaired) electrons. The van der Waals surface area contributed by atoms with Crippen LogP contribution in [-0.4, -0.2) is 38.7 Å². The smallest absolute Gasteiger partial charge is 0.120 e. The third kappa shape index (κ3) is 3.79. The first-order chi connectivity index (χ1) is 13.1. The highest BCUT2D eigenvalue weighted by Gasteiger charge is 2.23. The van der Waals surface area contributed by atoms with Crippen molar-refractivity contribution in [3.8, 4) is 5.75 Å². The zero-order valence-corrected chi connectivity index (χ0v) is 16.5. The van der Waals surface area contributed by atoms with Crippen LogP contribution in [0.5, 0.6) is 5.75 Å². The summed E-state index contributed by atoms with van der Waals surface area (Å²) in [5.74, 6) is 0.945. The molecule has 3 aromatic carbocycles. The van der Waals surface area contributed by atoms with Gasteiger partial charge in [-0.3, -0.25) is 0 Å². The van der Waals surface area contributed by atoms with Crippen LogP contribution < -0.4 is 9.64 Å². The van der Waals surface area contributed by atoms with Gasteiger partial charge in [-0.25, -0.2) is 0 Å². The average molecular weight is 361 g/mol. The van der Waals surface area contributed by atoms with Gasteiger partial charge in [0.25, 0.3) is 0 Å². The molecule has 0 N–H and O–H groups in total. The Morgan fingerprint density at radius 3 is 2.67 bits per heavy atom. The lowest BCUT2D eigenvalue weighted by Gasteiger charge is -2.28. The van der Waals surface area contributed by atoms with Crippen molar-refractivity contribution in [2.75, 3.05) is 38.7 Å². The van der Waals surface area contributed by atoms with Crippen molar-refractivity contribution < 1.29 is 4.74 Å². The summed E-state index contributed by atoms with van der Waals surface area (Å²) >= 11 is 0. The molecule has 1 aliphatic heterocycles. The van der Waals surface area contributed by atoms with Gasteiger partial charge in [0.1, 0.15) is 12.4 Å². The number of rotatable bonds is 6. The summed E-state index contributed by atoms with van der Waals surface area (Å²) in [6.45, 7) is 5.02. The Balaban J connectivity index is 1.57. The number of benzene rings is 3. The maximum absolute atomic E-state index is 5.92. The number of ether oxygens (including phenoxy) is 1. The van der Waals surface area contributed by atoms with E-state index in [1.807, 2.05) is 0 Å². The first-order valence-corrected chi connectivity index (χ1v) is 9.77. The lowest BCUT2D eigenvalue weighted by molar-refractivity contribution is 0.261. The molecule has 1 atom stereocenters. The van der Waals surface area contributed by atoms with E-state index in [2.05, 4.69) is 91.5 Å². The second kappa shape index (κ2) is 7.61. The van der Waals surface area contributed by atoms with E-state index in [0.717, 1.165) is 25.3 Å². The van der Waals surface area contributed by atoms with Gasteiger partial charge in [0.2, 0.25) is 0 Å². The first-order valence-electron chi connectivity index (χ1n) is 9.77. The molecular weight excluding hydrogens is 332 g/mol. The summed E-state index contributed by atoms with van der Waals surface area (Å²) in [5.41, 5.74) is 4.19. The second-order valence-corrected chi connectivity index (χ2v) is 7.67. The van der Waals surface area contributed by atoms with Crippen molar-refractivity contribution in [2.24, 2.45) is 0 Å². The van der Waals surface area contributed by atoms with Crippen LogP contribution in [0.1, 0.15) is 24.1 Å². The third-order valence-corrected chi connectivity index (χ3v) is 5.52. The van der Waals surface area contributed by atoms with Gasteiger partial charge in [-0.2, -0.15) is 0 Å². The SMILES string of the molecule is C[C@@H](c1ccc2ccc(OCCN(C)C)cc2c1)N1CCc2ccccc21. The minimum absolute atomic E-state index is 0.358. The third-order valence-electron chi connectivity index (χ3n) is 5.52. The van der Waals surface area contributed by atoms with Crippen molar-refractivity contribution in [3.63, 3.8) is 0 Å². The minimum Gasteiger partial charge on any atom is -0.492 e. The summed E-state index contributed by atoms with van der Waals surface area (Å²) in [4.78, 5) is 4.66. The fourth-order valence-electron chi connectivity index (χ4n) is 3.89. The molecular formula is C24H28N2O. The Kier molecular flexibility index (Phi) is 5.04. The number of fused-ring (bicyclic) bond motifs is 2. The molecule has 3 heteroatoms. The fourth-order valence-corrected chi connectivity index (χ4v) is 3.89. The highest BCUT2D eigenvalue weighted by molar-refractivity contribution is 5.84. The molecule has 1 aliphatic rings. The predicted molar refractivity (Wildman–Crippen MR) is 114 cm³/mol. The van der Waals surface area contributed by atoms with Gasteiger partial charge in [-0.1, -0.05) is 36.4 Å². The summed E-state index contributed by atoms with van der Waals surface area (Å²) in [6.07, 6.45) is 1.14. The normalized spacial score (nSPS) is 14.6. The van der Waals surface area contributed by atoms with Crippen LogP contribution in [0.25, 0.3) is 10.8 Å². The molecule has 0 unspecified atom stereocenters. The summed E-state index contributed by atoms with van der Waals surface area (Å²) in [7, 11) is 4.13. The van der Waals surface area contributed by atoms with Crippen LogP contribution in [-0.2, 0) is 6.42 Å². The van der Waals surface area contributed by atoms with Crippen molar-refractivity contribution in [1.82, 2.24) is 4.90 Å². The Hall–Kier alpha value is -2.52. The fraction of sp³-hybridized carbons (Fsp3) is 0.333. The number of para-hydroxylation sites is 1. The summed E-state index contributed by atoms with van der Waals surface area (Å²) in [5, 5.41) is 2.50. The van der Waals surface area contributed by atoms with E-state index in [4.69, 9.17) is 4.74 Å². The molecule has 0 aromatic heterocycles. The molecule has 0 spiro atoms. The van der Waals surface area contributed by atoms with Gasteiger partial charge in [-0.05, 0) is 73.6 Å². The van der Waals surface area contributed by atoms with E-state index in [0.29, 0.717) is 12.6 Å². The van der Waals surface area contributed by atoms with Gasteiger partial charge in [-0.15, -0.1) is 0 Å². The maximum atomic E-state index is 5.92. The number of anilines is 1. The van der Waals surface area contributed by atoms with E-state index in [1.165, 1.54) is 27.6 Å². The van der Waals surface area contributed by atoms with E-state index in [-0.39, 0.29) is 0 Å². The van der Waals surface area contributed by atoms with Gasteiger partial charge in [0.05, 0.1) is 6.04 Å². The maximum Gasteiger partial charge on any atom is 0.120 e. The van der Waals surface area contributed by atoms with Gasteiger partial charge in [0.15, 0.2) is 0 Å². The molecule has 3 aromatic rings. The summed E-state index contributed by atoms with van der Waals surface area (Å²) < 4.78 is 5.92. The first kappa shape index (κ1) is 17.9. The van der Waals surface area contributed by atoms with Crippen LogP contribution in [0.4, 0.5) is 5.69 Å². The molecule has 3 nitrogen and oxygen atoms in total. The van der Waals surface area contributed by atoms with Gasteiger partial charge >= 0.3 is 0 Å². The zero-order valence-electron chi connectivity index (χ0n) is 16.5. The van der Waals surface area contributed by atoms with E-state index in [1.54, 1.807) is 0 Å². The summed E-state index contributed by atoms with van der Waals surface area (Å²) in [6, 6.07) is 22.3. The van der Waals surface area contributed by atoms with E-state index < -0.39 is 0 Å². The minimum atomic E-state index is 0.358. The Bertz CT molecular complexity index is 935. The Morgan fingerprint density at radius 2 is 1.81 bits per heavy atom. The monoisotopic (exact) mass is 360 g/mol. The van der Waals surface area contributed by atoms with E-state index in [9.17, 15) is 0 Å². The quantitative estimate of drug-likeness (QED) is 0.621. The molecule has 0 amide bonds. The van der Waals surface area contributed by atoms with Crippen molar-refractivity contribution >= 4 is 16.5 Å². The van der Waals surface area contributed by atoms with Crippen LogP contribution in [0.3, 0.4) is 0 Å². The largest absolute Gasteiger partial charge is 0.492 e. The van der Waals surface area contributed by atoms with Crippen molar-refractivity contribution in [2.45, 2.75) is 19.4 Å². The lowest BCUT2D eigenvalue weighted by atomic mass is 10.0. The standard InChI is InChI=1S/C24H28N2O/c1-18(26-13-12-20-6-4-5-7-24(20)26)21-9-8-19-10-11-23(17-22(19)16-21)27-15-14-25(2)3/h4-11,16-18H,12-15H2,1-3H3/t18-/m0/s1. The molecule has 0 saturated heterocycles. The number of hydrogen-bond acceptors (Lipinski definition) is 3. The van der Waals surface area contributed by atoms with Gasteiger partial charge < -0.3 is 14.5 Å². The average Bonchev–Trinajstić information content (AvgIpc) is 3.10. The van der Waals surface area contributed by atoms with Crippen LogP contribution in [0.2, 0.25) is 0 Å². The molecule has 0 aliphatic carbocycles. The van der Waals surface area contributed by atoms with Crippen molar-refractivity contribution in [1.29, 1.82) is 0 Å². The lowest BCUT2D eigenvalue weighted by Crippen LogP contribution is -2.24. The van der Waals surface area contributed by atoms with Crippen LogP contribution in [0, 0.1) is 0 Å². The number of hydrogen-bond donors (Lipinski definition) is 0. The number of nitrogens with zero attached hydrogens (tertiary/aromatic N) is 2. The van der Waals surface area contributed by atoms with Crippen LogP contribution in [0.15, 0.2) is 60.7 Å². The second-order valence-electron chi connectivity index (χ2n) is 7.67. The molecule has 140 valence electrons. The Labute approximate surface area is 162 Å². The highest BCUT2D eigenvalue weighted by Crippen LogP contribution is 2.35. The molecule has 27 heavy (non-hydrogen) atoms. The molecule has 0 bridgehead atoms. The molecule has 4 rings (SSSR count). The van der Waals surface area contributed by atoms with Crippen molar-refractivity contribution in [3.05, 3.63) is 71.8 Å². The molecule has 0 fully saturated rings. The topological polar surface area (TPSA) is 15.7 Å². The zero-order chi connectivity index (χ0) is 18.8. The highest BCUT2D eigenvalue weighted by atomic mass is 16.5. The van der Waals surface area contributed by atoms with Crippen LogP contribution >= 0.6 is 0 Å².